The van der Waals surface area contributed by atoms with Crippen LogP contribution in [0.4, 0.5) is 0 Å². The van der Waals surface area contributed by atoms with Crippen molar-refractivity contribution >= 4 is 34.8 Å². The first-order chi connectivity index (χ1) is 9.92. The number of rotatable bonds is 0. The van der Waals surface area contributed by atoms with Gasteiger partial charge in [-0.15, -0.1) is 0 Å². The van der Waals surface area contributed by atoms with Crippen LogP contribution in [0.2, 0.25) is 0 Å². The van der Waals surface area contributed by atoms with Gasteiger partial charge in [0.1, 0.15) is 0 Å². The van der Waals surface area contributed by atoms with Crippen molar-refractivity contribution in [2.75, 3.05) is 6.79 Å². The second-order valence-corrected chi connectivity index (χ2v) is 5.28. The van der Waals surface area contributed by atoms with Gasteiger partial charge in [-0.25, -0.2) is 0 Å². The van der Waals surface area contributed by atoms with Crippen molar-refractivity contribution in [1.29, 1.82) is 0 Å². The first kappa shape index (κ1) is 10.3. The van der Waals surface area contributed by atoms with E-state index in [1.165, 1.54) is 27.1 Å². The fourth-order valence-electron chi connectivity index (χ4n) is 3.30. The summed E-state index contributed by atoms with van der Waals surface area (Å²) in [6.07, 6.45) is 9.84. The van der Waals surface area contributed by atoms with E-state index in [1.807, 2.05) is 0 Å². The van der Waals surface area contributed by atoms with Crippen molar-refractivity contribution < 1.29 is 9.47 Å². The predicted octanol–water partition coefficient (Wildman–Crippen LogP) is 2.50. The first-order valence-corrected chi connectivity index (χ1v) is 6.86. The third-order valence-corrected chi connectivity index (χ3v) is 4.24. The molecule has 1 saturated heterocycles. The van der Waals surface area contributed by atoms with Crippen LogP contribution < -0.4 is 10.4 Å². The van der Waals surface area contributed by atoms with Gasteiger partial charge in [-0.05, 0) is 45.7 Å². The van der Waals surface area contributed by atoms with Crippen molar-refractivity contribution in [2.24, 2.45) is 0 Å². The normalized spacial score (nSPS) is 17.8. The molecule has 0 aromatic heterocycles. The molecule has 1 aliphatic heterocycles. The van der Waals surface area contributed by atoms with Crippen LogP contribution in [-0.4, -0.2) is 6.79 Å². The SMILES string of the molecule is C1=Cc2c(ccc3c4c(ccc23)=C2OCOC2=C4)=CC1. The minimum absolute atomic E-state index is 0.334. The summed E-state index contributed by atoms with van der Waals surface area (Å²) in [5.41, 5.74) is 2.54. The van der Waals surface area contributed by atoms with Crippen LogP contribution in [-0.2, 0) is 9.47 Å². The summed E-state index contributed by atoms with van der Waals surface area (Å²) in [6, 6.07) is 8.76. The zero-order valence-corrected chi connectivity index (χ0v) is 10.8. The number of ether oxygens (including phenoxy) is 2. The molecule has 20 heavy (non-hydrogen) atoms. The van der Waals surface area contributed by atoms with E-state index in [-0.39, 0.29) is 0 Å². The summed E-state index contributed by atoms with van der Waals surface area (Å²) in [5.74, 6) is 1.76. The highest BCUT2D eigenvalue weighted by Gasteiger charge is 2.24. The Kier molecular flexibility index (Phi) is 1.83. The first-order valence-electron chi connectivity index (χ1n) is 6.86. The molecule has 2 heteroatoms. The van der Waals surface area contributed by atoms with Crippen molar-refractivity contribution in [3.8, 4) is 0 Å². The quantitative estimate of drug-likeness (QED) is 0.724. The number of hydrogen-bond donors (Lipinski definition) is 0. The molecule has 3 aliphatic rings. The molecule has 2 nitrogen and oxygen atoms in total. The highest BCUT2D eigenvalue weighted by atomic mass is 16.7. The molecule has 0 atom stereocenters. The van der Waals surface area contributed by atoms with Crippen LogP contribution in [0.15, 0.2) is 36.1 Å². The molecule has 2 aromatic rings. The number of benzene rings is 2. The van der Waals surface area contributed by atoms with Crippen LogP contribution in [0.5, 0.6) is 0 Å². The number of hydrogen-bond acceptors (Lipinski definition) is 2. The van der Waals surface area contributed by atoms with Gasteiger partial charge in [-0.1, -0.05) is 36.4 Å². The fraction of sp³-hybridized carbons (Fsp3) is 0.111. The Morgan fingerprint density at radius 1 is 0.900 bits per heavy atom. The topological polar surface area (TPSA) is 18.5 Å². The van der Waals surface area contributed by atoms with Gasteiger partial charge in [0.05, 0.1) is 0 Å². The van der Waals surface area contributed by atoms with E-state index in [2.05, 4.69) is 48.6 Å². The molecule has 1 heterocycles. The third-order valence-electron chi connectivity index (χ3n) is 4.24. The average Bonchev–Trinajstić information content (AvgIpc) is 3.07. The van der Waals surface area contributed by atoms with Crippen molar-refractivity contribution in [3.05, 3.63) is 57.7 Å². The second kappa shape index (κ2) is 3.54. The maximum absolute atomic E-state index is 5.57. The van der Waals surface area contributed by atoms with E-state index in [4.69, 9.17) is 9.47 Å². The van der Waals surface area contributed by atoms with E-state index in [1.54, 1.807) is 0 Å². The maximum Gasteiger partial charge on any atom is 0.231 e. The predicted molar refractivity (Wildman–Crippen MR) is 79.7 cm³/mol. The lowest BCUT2D eigenvalue weighted by atomic mass is 9.95. The Morgan fingerprint density at radius 2 is 1.80 bits per heavy atom. The zero-order chi connectivity index (χ0) is 13.1. The minimum atomic E-state index is 0.334. The van der Waals surface area contributed by atoms with Gasteiger partial charge in [0, 0.05) is 5.22 Å². The smallest absolute Gasteiger partial charge is 0.231 e. The monoisotopic (exact) mass is 260 g/mol. The third kappa shape index (κ3) is 1.19. The molecular formula is C18H12O2. The van der Waals surface area contributed by atoms with E-state index in [0.29, 0.717) is 6.79 Å². The molecule has 0 radical (unpaired) electrons. The molecule has 96 valence electrons. The summed E-state index contributed by atoms with van der Waals surface area (Å²) >= 11 is 0. The van der Waals surface area contributed by atoms with Gasteiger partial charge < -0.3 is 9.47 Å². The Labute approximate surface area is 115 Å². The van der Waals surface area contributed by atoms with E-state index < -0.39 is 0 Å². The van der Waals surface area contributed by atoms with Gasteiger partial charge in [0.15, 0.2) is 11.5 Å². The van der Waals surface area contributed by atoms with Crippen LogP contribution >= 0.6 is 0 Å². The lowest BCUT2D eigenvalue weighted by Gasteiger charge is -2.09. The molecule has 2 aromatic carbocycles. The summed E-state index contributed by atoms with van der Waals surface area (Å²) in [7, 11) is 0. The van der Waals surface area contributed by atoms with Gasteiger partial charge in [0.2, 0.25) is 6.79 Å². The van der Waals surface area contributed by atoms with Crippen LogP contribution in [0.25, 0.3) is 34.8 Å². The maximum atomic E-state index is 5.57. The van der Waals surface area contributed by atoms with Gasteiger partial charge >= 0.3 is 0 Å². The lowest BCUT2D eigenvalue weighted by Crippen LogP contribution is -2.12. The molecule has 2 aliphatic carbocycles. The van der Waals surface area contributed by atoms with Crippen LogP contribution in [0.1, 0.15) is 17.5 Å². The summed E-state index contributed by atoms with van der Waals surface area (Å²) in [5, 5.41) is 5.04. The minimum Gasteiger partial charge on any atom is -0.454 e. The largest absolute Gasteiger partial charge is 0.454 e. The molecule has 5 rings (SSSR count). The molecule has 0 unspecified atom stereocenters. The molecule has 0 bridgehead atoms. The Hall–Kier alpha value is -2.48. The second-order valence-electron chi connectivity index (χ2n) is 5.28. The van der Waals surface area contributed by atoms with E-state index >= 15 is 0 Å². The number of allylic oxidation sites excluding steroid dienone is 1. The summed E-state index contributed by atoms with van der Waals surface area (Å²) in [4.78, 5) is 0. The average molecular weight is 260 g/mol. The van der Waals surface area contributed by atoms with Crippen LogP contribution in [0.3, 0.4) is 0 Å². The van der Waals surface area contributed by atoms with Crippen molar-refractivity contribution in [3.63, 3.8) is 0 Å². The molecule has 0 N–H and O–H groups in total. The molecule has 0 spiro atoms. The van der Waals surface area contributed by atoms with Crippen molar-refractivity contribution in [1.82, 2.24) is 0 Å². The lowest BCUT2D eigenvalue weighted by molar-refractivity contribution is 0.109. The highest BCUT2D eigenvalue weighted by molar-refractivity contribution is 6.00. The molecule has 0 saturated carbocycles. The zero-order valence-electron chi connectivity index (χ0n) is 10.8. The fourth-order valence-corrected chi connectivity index (χ4v) is 3.30. The standard InChI is InChI=1S/C18H12O2/c1-2-4-12-11(3-1)5-6-14-13(12)7-8-15-16(14)9-17-18(15)20-10-19-17/h2-9H,1,10H2. The van der Waals surface area contributed by atoms with E-state index in [9.17, 15) is 0 Å². The van der Waals surface area contributed by atoms with Crippen LogP contribution in [0, 0.1) is 0 Å². The Bertz CT molecular complexity index is 946. The summed E-state index contributed by atoms with van der Waals surface area (Å²) < 4.78 is 11.1. The Balaban J connectivity index is 1.96. The molecule has 0 amide bonds. The van der Waals surface area contributed by atoms with Crippen molar-refractivity contribution in [2.45, 2.75) is 6.42 Å². The molecule has 1 fully saturated rings. The highest BCUT2D eigenvalue weighted by Crippen LogP contribution is 2.31. The molecular weight excluding hydrogens is 248 g/mol. The van der Waals surface area contributed by atoms with Gasteiger partial charge in [-0.3, -0.25) is 0 Å². The summed E-state index contributed by atoms with van der Waals surface area (Å²) in [6.45, 7) is 0.334. The van der Waals surface area contributed by atoms with E-state index in [0.717, 1.165) is 23.2 Å². The Morgan fingerprint density at radius 3 is 2.80 bits per heavy atom. The van der Waals surface area contributed by atoms with Gasteiger partial charge in [0.25, 0.3) is 0 Å². The number of fused-ring (bicyclic) bond motifs is 6. The van der Waals surface area contributed by atoms with Gasteiger partial charge in [-0.2, -0.15) is 0 Å².